The molecular formula is C28H34F4O. The van der Waals surface area contributed by atoms with Crippen molar-refractivity contribution in [2.75, 3.05) is 6.61 Å². The molecule has 0 N–H and O–H groups in total. The number of aryl methyl sites for hydroxylation is 2. The van der Waals surface area contributed by atoms with Crippen molar-refractivity contribution in [1.29, 1.82) is 0 Å². The summed E-state index contributed by atoms with van der Waals surface area (Å²) in [5.74, 6) is -3.64. The van der Waals surface area contributed by atoms with E-state index >= 15 is 4.39 Å². The maximum Gasteiger partial charge on any atom is 0.167 e. The molecule has 2 aromatic carbocycles. The predicted molar refractivity (Wildman–Crippen MR) is 123 cm³/mol. The number of halogens is 4. The Morgan fingerprint density at radius 2 is 1.39 bits per heavy atom. The van der Waals surface area contributed by atoms with Gasteiger partial charge in [0.1, 0.15) is 0 Å². The predicted octanol–water partition coefficient (Wildman–Crippen LogP) is 8.07. The van der Waals surface area contributed by atoms with E-state index < -0.39 is 23.3 Å². The van der Waals surface area contributed by atoms with Crippen LogP contribution in [0.3, 0.4) is 0 Å². The van der Waals surface area contributed by atoms with E-state index in [0.717, 1.165) is 51.4 Å². The molecular weight excluding hydrogens is 428 g/mol. The molecule has 1 aliphatic heterocycles. The number of benzene rings is 2. The molecule has 2 aliphatic rings. The van der Waals surface area contributed by atoms with Gasteiger partial charge in [0, 0.05) is 17.7 Å². The lowest BCUT2D eigenvalue weighted by molar-refractivity contribution is -0.0218. The van der Waals surface area contributed by atoms with Crippen LogP contribution in [0.1, 0.15) is 87.5 Å². The summed E-state index contributed by atoms with van der Waals surface area (Å²) in [5, 5.41) is 0. The molecule has 33 heavy (non-hydrogen) atoms. The molecule has 1 aliphatic carbocycles. The zero-order chi connectivity index (χ0) is 23.5. The first-order valence-corrected chi connectivity index (χ1v) is 12.6. The minimum atomic E-state index is -1.05. The van der Waals surface area contributed by atoms with E-state index in [1.165, 1.54) is 0 Å². The number of rotatable bonds is 9. The summed E-state index contributed by atoms with van der Waals surface area (Å²) in [6.45, 7) is 4.86. The molecule has 0 spiro atoms. The Bertz CT molecular complexity index is 992. The Morgan fingerprint density at radius 3 is 1.94 bits per heavy atom. The van der Waals surface area contributed by atoms with Crippen LogP contribution in [0.25, 0.3) is 11.1 Å². The number of hydrogen-bond donors (Lipinski definition) is 0. The Kier molecular flexibility index (Phi) is 7.78. The van der Waals surface area contributed by atoms with Crippen LogP contribution in [0.5, 0.6) is 0 Å². The topological polar surface area (TPSA) is 9.23 Å². The molecule has 0 amide bonds. The lowest BCUT2D eigenvalue weighted by Crippen LogP contribution is -2.26. The lowest BCUT2D eigenvalue weighted by Gasteiger charge is -2.29. The summed E-state index contributed by atoms with van der Waals surface area (Å²) < 4.78 is 65.6. The fourth-order valence-electron chi connectivity index (χ4n) is 5.43. The van der Waals surface area contributed by atoms with Gasteiger partial charge >= 0.3 is 0 Å². The molecule has 0 aromatic heterocycles. The van der Waals surface area contributed by atoms with Gasteiger partial charge in [-0.1, -0.05) is 45.2 Å². The van der Waals surface area contributed by atoms with Gasteiger partial charge in [-0.15, -0.1) is 0 Å². The van der Waals surface area contributed by atoms with E-state index in [1.807, 2.05) is 0 Å². The highest BCUT2D eigenvalue weighted by atomic mass is 19.2. The van der Waals surface area contributed by atoms with Gasteiger partial charge in [0.15, 0.2) is 23.3 Å². The van der Waals surface area contributed by atoms with Crippen LogP contribution in [-0.2, 0) is 24.0 Å². The van der Waals surface area contributed by atoms with E-state index in [4.69, 9.17) is 4.74 Å². The first kappa shape index (κ1) is 24.3. The second-order valence-corrected chi connectivity index (χ2v) is 9.76. The van der Waals surface area contributed by atoms with Gasteiger partial charge in [-0.2, -0.15) is 0 Å². The minimum absolute atomic E-state index is 0.104. The molecule has 2 atom stereocenters. The lowest BCUT2D eigenvalue weighted by atomic mass is 9.90. The Morgan fingerprint density at radius 1 is 0.758 bits per heavy atom. The van der Waals surface area contributed by atoms with Gasteiger partial charge < -0.3 is 4.74 Å². The highest BCUT2D eigenvalue weighted by Crippen LogP contribution is 2.43. The fraction of sp³-hybridized carbons (Fsp3) is 0.571. The summed E-state index contributed by atoms with van der Waals surface area (Å²) in [4.78, 5) is 0. The van der Waals surface area contributed by atoms with E-state index in [9.17, 15) is 13.2 Å². The molecule has 1 heterocycles. The maximum absolute atomic E-state index is 15.1. The molecule has 180 valence electrons. The van der Waals surface area contributed by atoms with Crippen LogP contribution in [0.2, 0.25) is 0 Å². The third-order valence-electron chi connectivity index (χ3n) is 7.31. The molecule has 0 bridgehead atoms. The van der Waals surface area contributed by atoms with Gasteiger partial charge in [-0.25, -0.2) is 17.6 Å². The van der Waals surface area contributed by atoms with E-state index in [1.54, 1.807) is 12.1 Å². The second-order valence-electron chi connectivity index (χ2n) is 9.76. The van der Waals surface area contributed by atoms with Crippen LogP contribution in [0, 0.1) is 29.2 Å². The van der Waals surface area contributed by atoms with E-state index in [2.05, 4.69) is 13.8 Å². The summed E-state index contributed by atoms with van der Waals surface area (Å²) >= 11 is 0. The Labute approximate surface area is 194 Å². The third kappa shape index (κ3) is 4.99. The molecule has 1 fully saturated rings. The fourth-order valence-corrected chi connectivity index (χ4v) is 5.43. The van der Waals surface area contributed by atoms with E-state index in [0.29, 0.717) is 60.1 Å². The van der Waals surface area contributed by atoms with Gasteiger partial charge in [-0.05, 0) is 79.5 Å². The van der Waals surface area contributed by atoms with Crippen molar-refractivity contribution in [2.45, 2.75) is 90.6 Å². The number of fused-ring (bicyclic) bond motifs is 3. The van der Waals surface area contributed by atoms with Crippen molar-refractivity contribution in [1.82, 2.24) is 0 Å². The van der Waals surface area contributed by atoms with Gasteiger partial charge in [-0.3, -0.25) is 0 Å². The van der Waals surface area contributed by atoms with Crippen molar-refractivity contribution in [3.05, 3.63) is 57.7 Å². The minimum Gasteiger partial charge on any atom is -0.378 e. The molecule has 2 unspecified atom stereocenters. The maximum atomic E-state index is 15.1. The zero-order valence-corrected chi connectivity index (χ0v) is 19.7. The molecule has 5 heteroatoms. The average Bonchev–Trinajstić information content (AvgIpc) is 3.18. The standard InChI is InChI=1S/C28H34F4O/c1-3-5-6-8-18-13-20-15-21-14-19(11-9-17-10-12-22(7-4-2)33-16-17)26(30)28(32)24(21)23(20)27(31)25(18)29/h13-14,17,22H,3-12,15-16H2,1-2H3. The van der Waals surface area contributed by atoms with Crippen LogP contribution >= 0.6 is 0 Å². The van der Waals surface area contributed by atoms with Gasteiger partial charge in [0.2, 0.25) is 0 Å². The van der Waals surface area contributed by atoms with Crippen molar-refractivity contribution in [2.24, 2.45) is 5.92 Å². The highest BCUT2D eigenvalue weighted by molar-refractivity contribution is 5.79. The molecule has 1 saturated heterocycles. The van der Waals surface area contributed by atoms with Crippen LogP contribution in [0.15, 0.2) is 12.1 Å². The molecule has 1 nitrogen and oxygen atoms in total. The Hall–Kier alpha value is -1.88. The van der Waals surface area contributed by atoms with Gasteiger partial charge in [0.05, 0.1) is 6.10 Å². The summed E-state index contributed by atoms with van der Waals surface area (Å²) in [7, 11) is 0. The molecule has 0 saturated carbocycles. The van der Waals surface area contributed by atoms with Gasteiger partial charge in [0.25, 0.3) is 0 Å². The SMILES string of the molecule is CCCCCc1cc2c(c(F)c1F)-c1c(cc(CCC3CCC(CCC)OC3)c(F)c1F)C2. The van der Waals surface area contributed by atoms with Crippen LogP contribution in [-0.4, -0.2) is 12.7 Å². The second kappa shape index (κ2) is 10.6. The highest BCUT2D eigenvalue weighted by Gasteiger charge is 2.32. The summed E-state index contributed by atoms with van der Waals surface area (Å²) in [6, 6.07) is 3.30. The Balaban J connectivity index is 1.52. The molecule has 0 radical (unpaired) electrons. The molecule has 4 rings (SSSR count). The number of ether oxygens (including phenoxy) is 1. The average molecular weight is 463 g/mol. The third-order valence-corrected chi connectivity index (χ3v) is 7.31. The summed E-state index contributed by atoms with van der Waals surface area (Å²) in [5.41, 5.74) is 1.53. The van der Waals surface area contributed by atoms with E-state index in [-0.39, 0.29) is 11.1 Å². The monoisotopic (exact) mass is 462 g/mol. The smallest absolute Gasteiger partial charge is 0.167 e. The quantitative estimate of drug-likeness (QED) is 0.231. The number of hydrogen-bond acceptors (Lipinski definition) is 1. The van der Waals surface area contributed by atoms with Crippen LogP contribution in [0.4, 0.5) is 17.6 Å². The largest absolute Gasteiger partial charge is 0.378 e. The molecule has 2 aromatic rings. The zero-order valence-electron chi connectivity index (χ0n) is 19.7. The van der Waals surface area contributed by atoms with Crippen molar-refractivity contribution in [3.8, 4) is 11.1 Å². The van der Waals surface area contributed by atoms with Crippen molar-refractivity contribution < 1.29 is 22.3 Å². The first-order valence-electron chi connectivity index (χ1n) is 12.6. The number of unbranched alkanes of at least 4 members (excludes halogenated alkanes) is 2. The van der Waals surface area contributed by atoms with Crippen LogP contribution < -0.4 is 0 Å². The normalized spacial score (nSPS) is 19.6. The van der Waals surface area contributed by atoms with Crippen molar-refractivity contribution >= 4 is 0 Å². The van der Waals surface area contributed by atoms with Crippen molar-refractivity contribution in [3.63, 3.8) is 0 Å². The summed E-state index contributed by atoms with van der Waals surface area (Å²) in [6.07, 6.45) is 9.13. The first-order chi connectivity index (χ1) is 15.9.